The van der Waals surface area contributed by atoms with Gasteiger partial charge in [-0.2, -0.15) is 0 Å². The summed E-state index contributed by atoms with van der Waals surface area (Å²) in [6, 6.07) is 4.67. The summed E-state index contributed by atoms with van der Waals surface area (Å²) in [6.07, 6.45) is 4.29. The molecule has 0 saturated heterocycles. The molecule has 1 saturated carbocycles. The molecule has 1 aliphatic carbocycles. The standard InChI is InChI=1S/C14H20N4O3/c15-13-6-5-12(18(20)21)7-10(13)8-17(9-14(16)19)11-3-1-2-4-11/h5-7,11H,1-4,8-9,15H2,(H2,16,19). The highest BCUT2D eigenvalue weighted by atomic mass is 16.6. The molecule has 1 aromatic rings. The maximum atomic E-state index is 11.3. The molecule has 7 heteroatoms. The number of nitro groups is 1. The maximum Gasteiger partial charge on any atom is 0.269 e. The summed E-state index contributed by atoms with van der Waals surface area (Å²) in [6.45, 7) is 0.550. The highest BCUT2D eigenvalue weighted by Crippen LogP contribution is 2.27. The molecule has 1 aromatic carbocycles. The van der Waals surface area contributed by atoms with Gasteiger partial charge in [-0.3, -0.25) is 19.8 Å². The fraction of sp³-hybridized carbons (Fsp3) is 0.500. The number of nitrogens with two attached hydrogens (primary N) is 2. The van der Waals surface area contributed by atoms with Gasteiger partial charge in [0.2, 0.25) is 5.91 Å². The number of primary amides is 1. The highest BCUT2D eigenvalue weighted by Gasteiger charge is 2.25. The van der Waals surface area contributed by atoms with E-state index in [1.165, 1.54) is 18.2 Å². The molecule has 114 valence electrons. The fourth-order valence-corrected chi connectivity index (χ4v) is 2.85. The molecule has 1 aliphatic rings. The van der Waals surface area contributed by atoms with E-state index >= 15 is 0 Å². The predicted molar refractivity (Wildman–Crippen MR) is 79.4 cm³/mol. The molecule has 0 unspecified atom stereocenters. The van der Waals surface area contributed by atoms with Gasteiger partial charge in [0.05, 0.1) is 11.5 Å². The zero-order valence-electron chi connectivity index (χ0n) is 11.8. The normalized spacial score (nSPS) is 15.5. The molecule has 1 fully saturated rings. The molecule has 0 aromatic heterocycles. The molecule has 2 rings (SSSR count). The number of benzene rings is 1. The van der Waals surface area contributed by atoms with Crippen molar-refractivity contribution in [3.63, 3.8) is 0 Å². The number of carbonyl (C=O) groups excluding carboxylic acids is 1. The second kappa shape index (κ2) is 6.53. The fourth-order valence-electron chi connectivity index (χ4n) is 2.85. The number of nitrogen functional groups attached to an aromatic ring is 1. The van der Waals surface area contributed by atoms with E-state index in [0.717, 1.165) is 25.7 Å². The van der Waals surface area contributed by atoms with Gasteiger partial charge in [0, 0.05) is 30.4 Å². The SMILES string of the molecule is NC(=O)CN(Cc1cc([N+](=O)[O-])ccc1N)C1CCCC1. The largest absolute Gasteiger partial charge is 0.398 e. The van der Waals surface area contributed by atoms with Gasteiger partial charge in [0.15, 0.2) is 0 Å². The molecule has 0 aliphatic heterocycles. The summed E-state index contributed by atoms with van der Waals surface area (Å²) in [5, 5.41) is 10.9. The Morgan fingerprint density at radius 3 is 2.62 bits per heavy atom. The Labute approximate surface area is 123 Å². The Kier molecular flexibility index (Phi) is 4.74. The molecular formula is C14H20N4O3. The van der Waals surface area contributed by atoms with Gasteiger partial charge in [-0.05, 0) is 24.5 Å². The van der Waals surface area contributed by atoms with Crippen LogP contribution in [0.1, 0.15) is 31.2 Å². The van der Waals surface area contributed by atoms with Crippen LogP contribution in [-0.4, -0.2) is 28.3 Å². The highest BCUT2D eigenvalue weighted by molar-refractivity contribution is 5.76. The number of non-ortho nitro benzene ring substituents is 1. The van der Waals surface area contributed by atoms with E-state index in [0.29, 0.717) is 17.8 Å². The lowest BCUT2D eigenvalue weighted by molar-refractivity contribution is -0.384. The lowest BCUT2D eigenvalue weighted by Crippen LogP contribution is -2.39. The van der Waals surface area contributed by atoms with Crippen LogP contribution >= 0.6 is 0 Å². The van der Waals surface area contributed by atoms with Crippen molar-refractivity contribution in [3.8, 4) is 0 Å². The molecule has 0 heterocycles. The van der Waals surface area contributed by atoms with Crippen LogP contribution in [0.5, 0.6) is 0 Å². The van der Waals surface area contributed by atoms with Crippen molar-refractivity contribution in [1.82, 2.24) is 4.90 Å². The Bertz CT molecular complexity index is 541. The lowest BCUT2D eigenvalue weighted by Gasteiger charge is -2.27. The van der Waals surface area contributed by atoms with Crippen LogP contribution in [0.2, 0.25) is 0 Å². The van der Waals surface area contributed by atoms with Crippen molar-refractivity contribution in [2.45, 2.75) is 38.3 Å². The minimum atomic E-state index is -0.447. The van der Waals surface area contributed by atoms with Crippen LogP contribution in [0.4, 0.5) is 11.4 Å². The molecule has 0 bridgehead atoms. The van der Waals surface area contributed by atoms with E-state index < -0.39 is 10.8 Å². The van der Waals surface area contributed by atoms with Gasteiger partial charge >= 0.3 is 0 Å². The first kappa shape index (κ1) is 15.2. The molecule has 0 atom stereocenters. The van der Waals surface area contributed by atoms with Crippen molar-refractivity contribution >= 4 is 17.3 Å². The van der Waals surface area contributed by atoms with Crippen molar-refractivity contribution < 1.29 is 9.72 Å². The van der Waals surface area contributed by atoms with Crippen molar-refractivity contribution in [3.05, 3.63) is 33.9 Å². The molecular weight excluding hydrogens is 272 g/mol. The molecule has 0 radical (unpaired) electrons. The van der Waals surface area contributed by atoms with Crippen LogP contribution in [0.15, 0.2) is 18.2 Å². The summed E-state index contributed by atoms with van der Waals surface area (Å²) in [7, 11) is 0. The Balaban J connectivity index is 2.20. The Morgan fingerprint density at radius 2 is 2.05 bits per heavy atom. The minimum Gasteiger partial charge on any atom is -0.398 e. The predicted octanol–water partition coefficient (Wildman–Crippen LogP) is 1.41. The van der Waals surface area contributed by atoms with Gasteiger partial charge < -0.3 is 11.5 Å². The van der Waals surface area contributed by atoms with Crippen LogP contribution < -0.4 is 11.5 Å². The zero-order valence-corrected chi connectivity index (χ0v) is 11.8. The second-order valence-corrected chi connectivity index (χ2v) is 5.45. The number of hydrogen-bond donors (Lipinski definition) is 2. The summed E-state index contributed by atoms with van der Waals surface area (Å²) in [5.74, 6) is -0.397. The third kappa shape index (κ3) is 3.91. The average molecular weight is 292 g/mol. The van der Waals surface area contributed by atoms with Crippen LogP contribution in [0.25, 0.3) is 0 Å². The monoisotopic (exact) mass is 292 g/mol. The van der Waals surface area contributed by atoms with Gasteiger partial charge in [-0.15, -0.1) is 0 Å². The van der Waals surface area contributed by atoms with Crippen molar-refractivity contribution in [2.75, 3.05) is 12.3 Å². The van der Waals surface area contributed by atoms with E-state index in [1.807, 2.05) is 4.90 Å². The number of hydrogen-bond acceptors (Lipinski definition) is 5. The molecule has 0 spiro atoms. The molecule has 1 amide bonds. The second-order valence-electron chi connectivity index (χ2n) is 5.45. The van der Waals surface area contributed by atoms with Gasteiger partial charge in [0.1, 0.15) is 0 Å². The first-order valence-corrected chi connectivity index (χ1v) is 7.02. The minimum absolute atomic E-state index is 0.00430. The number of carbonyl (C=O) groups is 1. The number of rotatable bonds is 6. The van der Waals surface area contributed by atoms with E-state index in [1.54, 1.807) is 0 Å². The quantitative estimate of drug-likeness (QED) is 0.467. The summed E-state index contributed by atoms with van der Waals surface area (Å²) in [5.41, 5.74) is 12.4. The van der Waals surface area contributed by atoms with E-state index in [4.69, 9.17) is 11.5 Å². The van der Waals surface area contributed by atoms with Crippen LogP contribution in [0, 0.1) is 10.1 Å². The Hall–Kier alpha value is -2.15. The topological polar surface area (TPSA) is 115 Å². The van der Waals surface area contributed by atoms with Crippen LogP contribution in [-0.2, 0) is 11.3 Å². The average Bonchev–Trinajstić information content (AvgIpc) is 2.93. The lowest BCUT2D eigenvalue weighted by atomic mass is 10.1. The summed E-state index contributed by atoms with van der Waals surface area (Å²) < 4.78 is 0. The molecule has 7 nitrogen and oxygen atoms in total. The van der Waals surface area contributed by atoms with Gasteiger partial charge in [-0.25, -0.2) is 0 Å². The first-order valence-electron chi connectivity index (χ1n) is 7.02. The number of anilines is 1. The summed E-state index contributed by atoms with van der Waals surface area (Å²) in [4.78, 5) is 23.6. The molecule has 4 N–H and O–H groups in total. The molecule has 21 heavy (non-hydrogen) atoms. The van der Waals surface area contributed by atoms with Crippen LogP contribution in [0.3, 0.4) is 0 Å². The van der Waals surface area contributed by atoms with Crippen molar-refractivity contribution in [2.24, 2.45) is 5.73 Å². The Morgan fingerprint density at radius 1 is 1.38 bits per heavy atom. The third-order valence-corrected chi connectivity index (χ3v) is 3.91. The first-order chi connectivity index (χ1) is 9.97. The number of amides is 1. The van der Waals surface area contributed by atoms with Gasteiger partial charge in [-0.1, -0.05) is 12.8 Å². The maximum absolute atomic E-state index is 11.3. The smallest absolute Gasteiger partial charge is 0.269 e. The number of nitro benzene ring substituents is 1. The van der Waals surface area contributed by atoms with Gasteiger partial charge in [0.25, 0.3) is 5.69 Å². The van der Waals surface area contributed by atoms with Crippen molar-refractivity contribution in [1.29, 1.82) is 0 Å². The zero-order chi connectivity index (χ0) is 15.4. The summed E-state index contributed by atoms with van der Waals surface area (Å²) >= 11 is 0. The van der Waals surface area contributed by atoms with E-state index in [9.17, 15) is 14.9 Å². The van der Waals surface area contributed by atoms with E-state index in [2.05, 4.69) is 0 Å². The third-order valence-electron chi connectivity index (χ3n) is 3.91. The number of nitrogens with zero attached hydrogens (tertiary/aromatic N) is 2. The van der Waals surface area contributed by atoms with E-state index in [-0.39, 0.29) is 18.3 Å².